The van der Waals surface area contributed by atoms with Crippen molar-refractivity contribution in [3.05, 3.63) is 0 Å². The zero-order chi connectivity index (χ0) is 13.2. The van der Waals surface area contributed by atoms with E-state index in [2.05, 4.69) is 33.9 Å². The molecule has 102 valence electrons. The molecular weight excluding hydrogens is 228 g/mol. The molecule has 0 aromatic rings. The van der Waals surface area contributed by atoms with E-state index in [4.69, 9.17) is 4.43 Å². The SMILES string of the molecule is CC(C)(C)[Si](C)(C)OCC1(CO)CCCCC1. The number of hydrogen-bond acceptors (Lipinski definition) is 2. The Kier molecular flexibility index (Phi) is 4.84. The van der Waals surface area contributed by atoms with E-state index < -0.39 is 8.32 Å². The molecule has 1 N–H and O–H groups in total. The van der Waals surface area contributed by atoms with E-state index >= 15 is 0 Å². The lowest BCUT2D eigenvalue weighted by molar-refractivity contribution is 0.0280. The molecule has 3 heteroatoms. The summed E-state index contributed by atoms with van der Waals surface area (Å²) in [6.45, 7) is 12.5. The molecule has 0 bridgehead atoms. The second-order valence-electron chi connectivity index (χ2n) is 7.27. The minimum atomic E-state index is -1.66. The fraction of sp³-hybridized carbons (Fsp3) is 1.00. The van der Waals surface area contributed by atoms with Gasteiger partial charge in [0.1, 0.15) is 0 Å². The molecule has 0 heterocycles. The zero-order valence-electron chi connectivity index (χ0n) is 12.3. The summed E-state index contributed by atoms with van der Waals surface area (Å²) in [5.74, 6) is 0. The average Bonchev–Trinajstić information content (AvgIpc) is 2.26. The van der Waals surface area contributed by atoms with Crippen molar-refractivity contribution in [1.82, 2.24) is 0 Å². The molecule has 1 rings (SSSR count). The van der Waals surface area contributed by atoms with E-state index in [1.54, 1.807) is 0 Å². The Morgan fingerprint density at radius 2 is 1.65 bits per heavy atom. The summed E-state index contributed by atoms with van der Waals surface area (Å²) in [6, 6.07) is 0. The van der Waals surface area contributed by atoms with Crippen LogP contribution in [0, 0.1) is 5.41 Å². The minimum Gasteiger partial charge on any atom is -0.416 e. The molecule has 0 aromatic heterocycles. The third kappa shape index (κ3) is 3.80. The first-order chi connectivity index (χ1) is 7.72. The van der Waals surface area contributed by atoms with Gasteiger partial charge in [-0.25, -0.2) is 0 Å². The maximum atomic E-state index is 9.68. The fourth-order valence-electron chi connectivity index (χ4n) is 2.20. The van der Waals surface area contributed by atoms with Crippen LogP contribution in [0.3, 0.4) is 0 Å². The van der Waals surface area contributed by atoms with Crippen LogP contribution in [0.15, 0.2) is 0 Å². The van der Waals surface area contributed by atoms with Crippen LogP contribution in [0.5, 0.6) is 0 Å². The lowest BCUT2D eigenvalue weighted by atomic mass is 9.75. The van der Waals surface area contributed by atoms with E-state index in [9.17, 15) is 5.11 Å². The van der Waals surface area contributed by atoms with Crippen LogP contribution >= 0.6 is 0 Å². The Bertz CT molecular complexity index is 237. The second kappa shape index (κ2) is 5.41. The summed E-state index contributed by atoms with van der Waals surface area (Å²) in [7, 11) is -1.66. The summed E-state index contributed by atoms with van der Waals surface area (Å²) in [5.41, 5.74) is 0.0633. The topological polar surface area (TPSA) is 29.5 Å². The van der Waals surface area contributed by atoms with Gasteiger partial charge in [-0.1, -0.05) is 40.0 Å². The average molecular weight is 258 g/mol. The van der Waals surface area contributed by atoms with Gasteiger partial charge < -0.3 is 9.53 Å². The highest BCUT2D eigenvalue weighted by Gasteiger charge is 2.40. The third-order valence-corrected chi connectivity index (χ3v) is 9.27. The highest BCUT2D eigenvalue weighted by atomic mass is 28.4. The predicted octanol–water partition coefficient (Wildman–Crippen LogP) is 3.95. The van der Waals surface area contributed by atoms with Gasteiger partial charge in [0.05, 0.1) is 6.61 Å². The molecule has 1 aliphatic carbocycles. The van der Waals surface area contributed by atoms with Gasteiger partial charge in [-0.15, -0.1) is 0 Å². The maximum Gasteiger partial charge on any atom is 0.192 e. The van der Waals surface area contributed by atoms with E-state index in [-0.39, 0.29) is 10.5 Å². The molecule has 0 aliphatic heterocycles. The van der Waals surface area contributed by atoms with E-state index in [0.717, 1.165) is 19.4 Å². The van der Waals surface area contributed by atoms with Gasteiger partial charge in [0.25, 0.3) is 0 Å². The molecule has 17 heavy (non-hydrogen) atoms. The number of hydrogen-bond donors (Lipinski definition) is 1. The smallest absolute Gasteiger partial charge is 0.192 e. The van der Waals surface area contributed by atoms with Gasteiger partial charge >= 0.3 is 0 Å². The van der Waals surface area contributed by atoms with Crippen LogP contribution in [0.25, 0.3) is 0 Å². The van der Waals surface area contributed by atoms with Gasteiger partial charge in [-0.05, 0) is 31.0 Å². The summed E-state index contributed by atoms with van der Waals surface area (Å²) in [5, 5.41) is 9.94. The summed E-state index contributed by atoms with van der Waals surface area (Å²) in [4.78, 5) is 0. The highest BCUT2D eigenvalue weighted by Crippen LogP contribution is 2.41. The molecule has 2 nitrogen and oxygen atoms in total. The van der Waals surface area contributed by atoms with E-state index in [1.807, 2.05) is 0 Å². The lowest BCUT2D eigenvalue weighted by Gasteiger charge is -2.42. The fourth-order valence-corrected chi connectivity index (χ4v) is 3.30. The third-order valence-electron chi connectivity index (χ3n) is 4.80. The Labute approximate surface area is 108 Å². The van der Waals surface area contributed by atoms with Crippen LogP contribution in [0.1, 0.15) is 52.9 Å². The standard InChI is InChI=1S/C14H30O2Si/c1-13(2,3)17(4,5)16-12-14(11-15)9-7-6-8-10-14/h15H,6-12H2,1-5H3. The van der Waals surface area contributed by atoms with Crippen molar-refractivity contribution in [3.8, 4) is 0 Å². The van der Waals surface area contributed by atoms with Crippen molar-refractivity contribution in [2.45, 2.75) is 71.0 Å². The first-order valence-corrected chi connectivity index (χ1v) is 9.88. The number of rotatable bonds is 4. The van der Waals surface area contributed by atoms with Crippen LogP contribution in [0.4, 0.5) is 0 Å². The monoisotopic (exact) mass is 258 g/mol. The molecule has 1 fully saturated rings. The molecule has 0 atom stereocenters. The first kappa shape index (κ1) is 15.2. The molecule has 0 unspecified atom stereocenters. The van der Waals surface area contributed by atoms with E-state index in [1.165, 1.54) is 19.3 Å². The first-order valence-electron chi connectivity index (χ1n) is 6.97. The normalized spacial score (nSPS) is 21.5. The Balaban J connectivity index is 2.58. The molecule has 0 aromatic carbocycles. The van der Waals surface area contributed by atoms with Crippen molar-refractivity contribution >= 4 is 8.32 Å². The molecular formula is C14H30O2Si. The van der Waals surface area contributed by atoms with E-state index in [0.29, 0.717) is 6.61 Å². The Morgan fingerprint density at radius 1 is 1.12 bits per heavy atom. The number of aliphatic hydroxyl groups excluding tert-OH is 1. The summed E-state index contributed by atoms with van der Waals surface area (Å²) >= 11 is 0. The molecule has 0 amide bonds. The van der Waals surface area contributed by atoms with Gasteiger partial charge in [-0.2, -0.15) is 0 Å². The maximum absolute atomic E-state index is 9.68. The van der Waals surface area contributed by atoms with Crippen LogP contribution < -0.4 is 0 Å². The molecule has 1 aliphatic rings. The van der Waals surface area contributed by atoms with Gasteiger partial charge in [0, 0.05) is 12.0 Å². The van der Waals surface area contributed by atoms with Crippen molar-refractivity contribution in [1.29, 1.82) is 0 Å². The van der Waals surface area contributed by atoms with Crippen molar-refractivity contribution in [3.63, 3.8) is 0 Å². The van der Waals surface area contributed by atoms with Gasteiger partial charge in [-0.3, -0.25) is 0 Å². The van der Waals surface area contributed by atoms with Crippen LogP contribution in [0.2, 0.25) is 18.1 Å². The number of aliphatic hydroxyl groups is 1. The summed E-state index contributed by atoms with van der Waals surface area (Å²) < 4.78 is 6.31. The predicted molar refractivity (Wildman–Crippen MR) is 75.8 cm³/mol. The largest absolute Gasteiger partial charge is 0.416 e. The Morgan fingerprint density at radius 3 is 2.06 bits per heavy atom. The molecule has 0 spiro atoms. The van der Waals surface area contributed by atoms with Crippen LogP contribution in [-0.2, 0) is 4.43 Å². The zero-order valence-corrected chi connectivity index (χ0v) is 13.3. The molecule has 0 radical (unpaired) electrons. The van der Waals surface area contributed by atoms with Gasteiger partial charge in [0.15, 0.2) is 8.32 Å². The minimum absolute atomic E-state index is 0.0633. The van der Waals surface area contributed by atoms with Gasteiger partial charge in [0.2, 0.25) is 0 Å². The Hall–Kier alpha value is 0.137. The van der Waals surface area contributed by atoms with Crippen LogP contribution in [-0.4, -0.2) is 26.6 Å². The van der Waals surface area contributed by atoms with Crippen molar-refractivity contribution in [2.75, 3.05) is 13.2 Å². The quantitative estimate of drug-likeness (QED) is 0.774. The molecule has 0 saturated heterocycles. The van der Waals surface area contributed by atoms with Crippen molar-refractivity contribution in [2.24, 2.45) is 5.41 Å². The second-order valence-corrected chi connectivity index (χ2v) is 12.1. The highest BCUT2D eigenvalue weighted by molar-refractivity contribution is 6.74. The summed E-state index contributed by atoms with van der Waals surface area (Å²) in [6.07, 6.45) is 6.10. The lowest BCUT2D eigenvalue weighted by Crippen LogP contribution is -2.45. The van der Waals surface area contributed by atoms with Crippen molar-refractivity contribution < 1.29 is 9.53 Å². The molecule has 1 saturated carbocycles.